The molecule has 21 heavy (non-hydrogen) atoms. The van der Waals surface area contributed by atoms with Crippen LogP contribution in [-0.2, 0) is 0 Å². The molecule has 0 aliphatic carbocycles. The quantitative estimate of drug-likeness (QED) is 0.386. The summed E-state index contributed by atoms with van der Waals surface area (Å²) in [6.45, 7) is 0. The number of nitro benzene ring substituents is 1. The molecule has 0 aromatic heterocycles. The van der Waals surface area contributed by atoms with Crippen molar-refractivity contribution in [1.82, 2.24) is 0 Å². The number of carbonyl (C=O) groups is 1. The topological polar surface area (TPSA) is 72.2 Å². The maximum atomic E-state index is 12.2. The third kappa shape index (κ3) is 4.14. The molecule has 5 nitrogen and oxygen atoms in total. The van der Waals surface area contributed by atoms with Gasteiger partial charge in [-0.1, -0.05) is 27.5 Å². The highest BCUT2D eigenvalue weighted by Gasteiger charge is 2.14. The summed E-state index contributed by atoms with van der Waals surface area (Å²) >= 11 is 11.0. The molecule has 8 heteroatoms. The molecule has 0 fully saturated rings. The van der Waals surface area contributed by atoms with Gasteiger partial charge in [0.15, 0.2) is 0 Å². The monoisotopic (exact) mass is 480 g/mol. The smallest absolute Gasteiger partial charge is 0.271 e. The van der Waals surface area contributed by atoms with Gasteiger partial charge in [-0.2, -0.15) is 0 Å². The lowest BCUT2D eigenvalue weighted by atomic mass is 10.2. The third-order valence-corrected chi connectivity index (χ3v) is 4.12. The van der Waals surface area contributed by atoms with E-state index in [2.05, 4.69) is 21.2 Å². The van der Waals surface area contributed by atoms with Crippen molar-refractivity contribution in [3.05, 3.63) is 65.1 Å². The zero-order chi connectivity index (χ0) is 15.6. The van der Waals surface area contributed by atoms with Crippen molar-refractivity contribution >= 4 is 67.4 Å². The summed E-state index contributed by atoms with van der Waals surface area (Å²) in [5.74, 6) is -0.431. The van der Waals surface area contributed by atoms with E-state index >= 15 is 0 Å². The number of nitrogens with one attached hydrogen (secondary N) is 1. The van der Waals surface area contributed by atoms with Gasteiger partial charge in [0.05, 0.1) is 10.6 Å². The van der Waals surface area contributed by atoms with E-state index in [0.717, 1.165) is 3.57 Å². The first kappa shape index (κ1) is 16.2. The second kappa shape index (κ2) is 6.71. The van der Waals surface area contributed by atoms with Crippen molar-refractivity contribution in [2.24, 2.45) is 0 Å². The number of nitrogens with zero attached hydrogens (tertiary/aromatic N) is 1. The molecule has 0 radical (unpaired) electrons. The Morgan fingerprint density at radius 2 is 2.00 bits per heavy atom. The Labute approximate surface area is 147 Å². The van der Waals surface area contributed by atoms with Gasteiger partial charge < -0.3 is 5.32 Å². The van der Waals surface area contributed by atoms with Gasteiger partial charge in [0.2, 0.25) is 0 Å². The third-order valence-electron chi connectivity index (χ3n) is 2.53. The first-order chi connectivity index (χ1) is 9.86. The summed E-state index contributed by atoms with van der Waals surface area (Å²) in [5, 5.41) is 14.1. The molecule has 0 saturated heterocycles. The average Bonchev–Trinajstić information content (AvgIpc) is 2.41. The molecule has 0 saturated carbocycles. The minimum atomic E-state index is -0.548. The highest BCUT2D eigenvalue weighted by molar-refractivity contribution is 14.1. The molecule has 0 bridgehead atoms. The minimum absolute atomic E-state index is 0.152. The van der Waals surface area contributed by atoms with Crippen molar-refractivity contribution in [2.75, 3.05) is 5.32 Å². The fourth-order valence-corrected chi connectivity index (χ4v) is 3.08. The van der Waals surface area contributed by atoms with E-state index in [9.17, 15) is 14.9 Å². The predicted molar refractivity (Wildman–Crippen MR) is 92.9 cm³/mol. The molecular weight excluding hydrogens is 474 g/mol. The van der Waals surface area contributed by atoms with E-state index in [1.54, 1.807) is 18.2 Å². The lowest BCUT2D eigenvalue weighted by molar-refractivity contribution is -0.384. The molecule has 108 valence electrons. The Kier molecular flexibility index (Phi) is 5.17. The van der Waals surface area contributed by atoms with Crippen LogP contribution in [0.1, 0.15) is 10.4 Å². The van der Waals surface area contributed by atoms with Crippen LogP contribution in [0.3, 0.4) is 0 Å². The largest absolute Gasteiger partial charge is 0.321 e. The Hall–Kier alpha value is -1.19. The van der Waals surface area contributed by atoms with Crippen LogP contribution < -0.4 is 5.32 Å². The maximum Gasteiger partial charge on any atom is 0.271 e. The van der Waals surface area contributed by atoms with Gasteiger partial charge in [0, 0.05) is 30.8 Å². The molecule has 0 atom stereocenters. The Bertz CT molecular complexity index is 739. The first-order valence-corrected chi connectivity index (χ1v) is 7.83. The molecular formula is C13H7BrClIN2O3. The average molecular weight is 481 g/mol. The molecule has 0 unspecified atom stereocenters. The summed E-state index contributed by atoms with van der Waals surface area (Å²) in [7, 11) is 0. The molecule has 1 amide bonds. The summed E-state index contributed by atoms with van der Waals surface area (Å²) in [5.41, 5.74) is 0.634. The van der Waals surface area contributed by atoms with Gasteiger partial charge in [-0.15, -0.1) is 0 Å². The van der Waals surface area contributed by atoms with Crippen LogP contribution in [0.4, 0.5) is 11.4 Å². The van der Waals surface area contributed by atoms with Crippen molar-refractivity contribution in [2.45, 2.75) is 0 Å². The van der Waals surface area contributed by atoms with E-state index in [4.69, 9.17) is 11.6 Å². The summed E-state index contributed by atoms with van der Waals surface area (Å²) < 4.78 is 1.24. The fraction of sp³-hybridized carbons (Fsp3) is 0. The summed E-state index contributed by atoms with van der Waals surface area (Å²) in [6, 6.07) is 9.12. The van der Waals surface area contributed by atoms with E-state index in [-0.39, 0.29) is 11.3 Å². The number of anilines is 1. The van der Waals surface area contributed by atoms with Crippen LogP contribution in [0, 0.1) is 13.7 Å². The molecule has 0 heterocycles. The lowest BCUT2D eigenvalue weighted by Crippen LogP contribution is -2.13. The zero-order valence-electron chi connectivity index (χ0n) is 10.3. The van der Waals surface area contributed by atoms with Crippen molar-refractivity contribution in [3.63, 3.8) is 0 Å². The Morgan fingerprint density at radius 1 is 1.29 bits per heavy atom. The number of halogens is 3. The number of nitro groups is 1. The standard InChI is InChI=1S/C13H7BrClIN2O3/c14-8-3-7(4-10(5-8)18(20)21)13(19)17-12-2-1-9(15)6-11(12)16/h1-6H,(H,17,19). The number of hydrogen-bond donors (Lipinski definition) is 1. The highest BCUT2D eigenvalue weighted by atomic mass is 127. The number of benzene rings is 2. The molecule has 2 aromatic rings. The molecule has 1 N–H and O–H groups in total. The molecule has 0 spiro atoms. The normalized spacial score (nSPS) is 10.2. The molecule has 2 rings (SSSR count). The van der Waals surface area contributed by atoms with Crippen LogP contribution in [0.5, 0.6) is 0 Å². The SMILES string of the molecule is O=C(Nc1ccc(Cl)cc1I)c1cc(Br)cc([N+](=O)[O-])c1. The van der Waals surface area contributed by atoms with E-state index in [0.29, 0.717) is 15.2 Å². The van der Waals surface area contributed by atoms with Crippen LogP contribution >= 0.6 is 50.1 Å². The van der Waals surface area contributed by atoms with Crippen LogP contribution in [0.2, 0.25) is 5.02 Å². The minimum Gasteiger partial charge on any atom is -0.321 e. The number of rotatable bonds is 3. The summed E-state index contributed by atoms with van der Waals surface area (Å²) in [4.78, 5) is 22.5. The van der Waals surface area contributed by atoms with Gasteiger partial charge >= 0.3 is 0 Å². The molecule has 2 aromatic carbocycles. The lowest BCUT2D eigenvalue weighted by Gasteiger charge is -2.08. The number of amides is 1. The second-order valence-corrected chi connectivity index (χ2v) is 6.55. The van der Waals surface area contributed by atoms with Gasteiger partial charge in [-0.3, -0.25) is 14.9 Å². The maximum absolute atomic E-state index is 12.2. The van der Waals surface area contributed by atoms with E-state index in [1.165, 1.54) is 18.2 Å². The Morgan fingerprint density at radius 3 is 2.62 bits per heavy atom. The van der Waals surface area contributed by atoms with Gasteiger partial charge in [0.1, 0.15) is 0 Å². The van der Waals surface area contributed by atoms with Gasteiger partial charge in [0.25, 0.3) is 11.6 Å². The molecule has 0 aliphatic rings. The zero-order valence-corrected chi connectivity index (χ0v) is 14.8. The number of carbonyl (C=O) groups excluding carboxylic acids is 1. The van der Waals surface area contributed by atoms with Crippen LogP contribution in [0.15, 0.2) is 40.9 Å². The predicted octanol–water partition coefficient (Wildman–Crippen LogP) is 4.87. The number of hydrogen-bond acceptors (Lipinski definition) is 3. The second-order valence-electron chi connectivity index (χ2n) is 4.03. The van der Waals surface area contributed by atoms with Gasteiger partial charge in [-0.05, 0) is 46.9 Å². The van der Waals surface area contributed by atoms with Crippen LogP contribution in [0.25, 0.3) is 0 Å². The van der Waals surface area contributed by atoms with Crippen LogP contribution in [-0.4, -0.2) is 10.8 Å². The fourth-order valence-electron chi connectivity index (χ4n) is 1.60. The van der Waals surface area contributed by atoms with Crippen molar-refractivity contribution in [1.29, 1.82) is 0 Å². The highest BCUT2D eigenvalue weighted by Crippen LogP contribution is 2.25. The number of non-ortho nitro benzene ring substituents is 1. The molecule has 0 aliphatic heterocycles. The van der Waals surface area contributed by atoms with Crippen molar-refractivity contribution in [3.8, 4) is 0 Å². The first-order valence-electron chi connectivity index (χ1n) is 5.58. The Balaban J connectivity index is 2.30. The van der Waals surface area contributed by atoms with E-state index < -0.39 is 10.8 Å². The van der Waals surface area contributed by atoms with E-state index in [1.807, 2.05) is 22.6 Å². The van der Waals surface area contributed by atoms with Crippen molar-refractivity contribution < 1.29 is 9.72 Å². The summed E-state index contributed by atoms with van der Waals surface area (Å²) in [6.07, 6.45) is 0. The van der Waals surface area contributed by atoms with Gasteiger partial charge in [-0.25, -0.2) is 0 Å².